The molecule has 0 aromatic carbocycles. The van der Waals surface area contributed by atoms with Gasteiger partial charge in [-0.3, -0.25) is 0 Å². The summed E-state index contributed by atoms with van der Waals surface area (Å²) < 4.78 is 0. The van der Waals surface area contributed by atoms with Gasteiger partial charge in [0.15, 0.2) is 0 Å². The van der Waals surface area contributed by atoms with Gasteiger partial charge in [-0.15, -0.1) is 0 Å². The summed E-state index contributed by atoms with van der Waals surface area (Å²) in [4.78, 5) is 5.40. The van der Waals surface area contributed by atoms with E-state index in [1.807, 2.05) is 0 Å². The van der Waals surface area contributed by atoms with Gasteiger partial charge in [-0.1, -0.05) is 188 Å². The zero-order valence-electron chi connectivity index (χ0n) is 28.3. The molecule has 0 amide bonds. The number of hydrogen-bond donors (Lipinski definition) is 0. The zero-order chi connectivity index (χ0) is 28.8. The molecule has 0 spiro atoms. The molecule has 0 saturated carbocycles. The highest BCUT2D eigenvalue weighted by molar-refractivity contribution is 4.97. The molecule has 0 unspecified atom stereocenters. The Bertz CT molecular complexity index is 490. The van der Waals surface area contributed by atoms with Crippen molar-refractivity contribution in [2.75, 3.05) is 13.1 Å². The molecule has 0 aromatic heterocycles. The number of hydrogen-bond acceptors (Lipinski definition) is 2. The summed E-state index contributed by atoms with van der Waals surface area (Å²) in [7, 11) is 0. The number of unbranched alkanes of at least 4 members (excludes halogenated alkanes) is 26. The minimum Gasteiger partial charge on any atom is -0.356 e. The molecule has 0 atom stereocenters. The average molecular weight is 561 g/mol. The molecular formula is C38H76N2. The van der Waals surface area contributed by atoms with Crippen molar-refractivity contribution in [3.8, 4) is 0 Å². The van der Waals surface area contributed by atoms with E-state index in [1.54, 1.807) is 0 Å². The molecule has 0 N–H and O–H groups in total. The number of rotatable bonds is 32. The zero-order valence-corrected chi connectivity index (χ0v) is 28.3. The van der Waals surface area contributed by atoms with Gasteiger partial charge in [-0.2, -0.15) is 0 Å². The predicted molar refractivity (Wildman–Crippen MR) is 182 cm³/mol. The van der Waals surface area contributed by atoms with Crippen LogP contribution < -0.4 is 0 Å². The first-order valence-corrected chi connectivity index (χ1v) is 19.0. The summed E-state index contributed by atoms with van der Waals surface area (Å²) in [5.41, 5.74) is 0. The van der Waals surface area contributed by atoms with Crippen LogP contribution in [-0.2, 0) is 0 Å². The number of nitrogens with zero attached hydrogens (tertiary/aromatic N) is 2. The monoisotopic (exact) mass is 561 g/mol. The van der Waals surface area contributed by atoms with Crippen LogP contribution in [0.5, 0.6) is 0 Å². The lowest BCUT2D eigenvalue weighted by Crippen LogP contribution is -2.39. The van der Waals surface area contributed by atoms with Crippen LogP contribution in [0.4, 0.5) is 0 Å². The van der Waals surface area contributed by atoms with Gasteiger partial charge in [0.1, 0.15) is 6.17 Å². The fourth-order valence-electron chi connectivity index (χ4n) is 6.54. The van der Waals surface area contributed by atoms with Crippen LogP contribution in [0.1, 0.15) is 213 Å². The van der Waals surface area contributed by atoms with Crippen molar-refractivity contribution >= 4 is 0 Å². The molecule has 40 heavy (non-hydrogen) atoms. The van der Waals surface area contributed by atoms with E-state index in [-0.39, 0.29) is 0 Å². The maximum Gasteiger partial charge on any atom is 0.101 e. The van der Waals surface area contributed by atoms with E-state index < -0.39 is 0 Å². The van der Waals surface area contributed by atoms with Gasteiger partial charge < -0.3 is 9.80 Å². The SMILES string of the molecule is CCCCCCCCCCCCCCCCCCCC1N(CCCCCCCC)C=CN1CCCCCCCC. The highest BCUT2D eigenvalue weighted by atomic mass is 15.4. The van der Waals surface area contributed by atoms with Gasteiger partial charge in [0.2, 0.25) is 0 Å². The van der Waals surface area contributed by atoms with Crippen molar-refractivity contribution in [3.63, 3.8) is 0 Å². The van der Waals surface area contributed by atoms with Crippen molar-refractivity contribution < 1.29 is 0 Å². The maximum absolute atomic E-state index is 2.70. The van der Waals surface area contributed by atoms with Crippen molar-refractivity contribution in [3.05, 3.63) is 12.4 Å². The Morgan fingerprint density at radius 2 is 0.575 bits per heavy atom. The summed E-state index contributed by atoms with van der Waals surface area (Å²) in [6.45, 7) is 9.47. The lowest BCUT2D eigenvalue weighted by Gasteiger charge is -2.33. The predicted octanol–water partition coefficient (Wildman–Crippen LogP) is 13.2. The molecule has 0 aromatic rings. The van der Waals surface area contributed by atoms with E-state index in [1.165, 1.54) is 206 Å². The van der Waals surface area contributed by atoms with Crippen LogP contribution in [0.25, 0.3) is 0 Å². The molecule has 0 radical (unpaired) electrons. The molecule has 1 heterocycles. The Labute approximate surface area is 254 Å². The van der Waals surface area contributed by atoms with Crippen LogP contribution in [-0.4, -0.2) is 29.1 Å². The molecule has 2 heteroatoms. The summed E-state index contributed by atoms with van der Waals surface area (Å²) >= 11 is 0. The largest absolute Gasteiger partial charge is 0.356 e. The molecule has 0 bridgehead atoms. The standard InChI is InChI=1S/C38H76N2/c1-4-7-10-13-16-17-18-19-20-21-22-23-24-25-26-27-30-33-38-39(34-31-28-14-11-8-5-2)36-37-40(38)35-32-29-15-12-9-6-3/h36-38H,4-35H2,1-3H3. The molecule has 0 fully saturated rings. The Morgan fingerprint density at radius 3 is 0.875 bits per heavy atom. The van der Waals surface area contributed by atoms with Crippen LogP contribution in [0, 0.1) is 0 Å². The topological polar surface area (TPSA) is 6.48 Å². The Balaban J connectivity index is 2.10. The molecule has 238 valence electrons. The second-order valence-electron chi connectivity index (χ2n) is 13.2. The molecule has 1 rings (SSSR count). The second-order valence-corrected chi connectivity index (χ2v) is 13.2. The van der Waals surface area contributed by atoms with Crippen molar-refractivity contribution in [1.29, 1.82) is 0 Å². The van der Waals surface area contributed by atoms with Crippen molar-refractivity contribution in [2.45, 2.75) is 220 Å². The van der Waals surface area contributed by atoms with Gasteiger partial charge in [0, 0.05) is 25.5 Å². The fraction of sp³-hybridized carbons (Fsp3) is 0.947. The lowest BCUT2D eigenvalue weighted by molar-refractivity contribution is 0.135. The van der Waals surface area contributed by atoms with Gasteiger partial charge in [-0.05, 0) is 25.7 Å². The molecular weight excluding hydrogens is 484 g/mol. The molecule has 1 aliphatic rings. The normalized spacial score (nSPS) is 13.8. The molecule has 2 nitrogen and oxygen atoms in total. The van der Waals surface area contributed by atoms with Crippen LogP contribution >= 0.6 is 0 Å². The van der Waals surface area contributed by atoms with Gasteiger partial charge in [0.05, 0.1) is 0 Å². The molecule has 0 aliphatic carbocycles. The van der Waals surface area contributed by atoms with Crippen LogP contribution in [0.3, 0.4) is 0 Å². The maximum atomic E-state index is 2.70. The third kappa shape index (κ3) is 22.0. The van der Waals surface area contributed by atoms with E-state index >= 15 is 0 Å². The summed E-state index contributed by atoms with van der Waals surface area (Å²) in [5, 5.41) is 0. The first-order chi connectivity index (χ1) is 19.8. The highest BCUT2D eigenvalue weighted by Gasteiger charge is 2.24. The van der Waals surface area contributed by atoms with Gasteiger partial charge in [-0.25, -0.2) is 0 Å². The third-order valence-electron chi connectivity index (χ3n) is 9.32. The minimum atomic E-state index is 0.641. The van der Waals surface area contributed by atoms with Crippen molar-refractivity contribution in [1.82, 2.24) is 9.80 Å². The Kier molecular flexibility index (Phi) is 27.9. The van der Waals surface area contributed by atoms with Crippen LogP contribution in [0.15, 0.2) is 12.4 Å². The first kappa shape index (κ1) is 37.4. The minimum absolute atomic E-state index is 0.641. The van der Waals surface area contributed by atoms with Crippen molar-refractivity contribution in [2.24, 2.45) is 0 Å². The van der Waals surface area contributed by atoms with E-state index in [0.29, 0.717) is 6.17 Å². The van der Waals surface area contributed by atoms with Crippen LogP contribution in [0.2, 0.25) is 0 Å². The smallest absolute Gasteiger partial charge is 0.101 e. The fourth-order valence-corrected chi connectivity index (χ4v) is 6.54. The lowest BCUT2D eigenvalue weighted by atomic mass is 10.0. The molecule has 1 aliphatic heterocycles. The Hall–Kier alpha value is -0.660. The quantitative estimate of drug-likeness (QED) is 0.0755. The summed E-state index contributed by atoms with van der Waals surface area (Å²) in [6, 6.07) is 0. The van der Waals surface area contributed by atoms with Gasteiger partial charge in [0.25, 0.3) is 0 Å². The van der Waals surface area contributed by atoms with Gasteiger partial charge >= 0.3 is 0 Å². The van der Waals surface area contributed by atoms with E-state index in [4.69, 9.17) is 0 Å². The average Bonchev–Trinajstić information content (AvgIpc) is 3.35. The first-order valence-electron chi connectivity index (χ1n) is 19.0. The summed E-state index contributed by atoms with van der Waals surface area (Å²) in [6.07, 6.45) is 48.5. The third-order valence-corrected chi connectivity index (χ3v) is 9.32. The van der Waals surface area contributed by atoms with E-state index in [0.717, 1.165) is 0 Å². The summed E-state index contributed by atoms with van der Waals surface area (Å²) in [5.74, 6) is 0. The molecule has 0 saturated heterocycles. The van der Waals surface area contributed by atoms with E-state index in [2.05, 4.69) is 43.0 Å². The highest BCUT2D eigenvalue weighted by Crippen LogP contribution is 2.24. The van der Waals surface area contributed by atoms with E-state index in [9.17, 15) is 0 Å². The second kappa shape index (κ2) is 29.8. The Morgan fingerprint density at radius 1 is 0.325 bits per heavy atom.